The summed E-state index contributed by atoms with van der Waals surface area (Å²) < 4.78 is 0. The maximum atomic E-state index is 9.60. The first kappa shape index (κ1) is 26.2. The van der Waals surface area contributed by atoms with Crippen molar-refractivity contribution in [2.75, 3.05) is 32.8 Å². The molecule has 0 aromatic heterocycles. The van der Waals surface area contributed by atoms with Crippen molar-refractivity contribution in [1.29, 1.82) is 0 Å². The van der Waals surface area contributed by atoms with E-state index in [1.54, 1.807) is 0 Å². The van der Waals surface area contributed by atoms with Gasteiger partial charge in [-0.2, -0.15) is 0 Å². The van der Waals surface area contributed by atoms with E-state index in [2.05, 4.69) is 25.0 Å². The van der Waals surface area contributed by atoms with Gasteiger partial charge in [0.05, 0.1) is 0 Å². The van der Waals surface area contributed by atoms with Gasteiger partial charge in [0.1, 0.15) is 0 Å². The van der Waals surface area contributed by atoms with Crippen molar-refractivity contribution in [3.63, 3.8) is 0 Å². The molecule has 0 fully saturated rings. The van der Waals surface area contributed by atoms with Gasteiger partial charge in [-0.05, 0) is 33.2 Å². The summed E-state index contributed by atoms with van der Waals surface area (Å²) in [6, 6.07) is 0. The molecule has 0 aliphatic heterocycles. The third-order valence-electron chi connectivity index (χ3n) is 2.44. The fourth-order valence-electron chi connectivity index (χ4n) is 1.02. The number of carbonyl (C=O) groups is 2. The Morgan fingerprint density at radius 1 is 0.870 bits per heavy atom. The van der Waals surface area contributed by atoms with Crippen LogP contribution in [0.3, 0.4) is 0 Å². The summed E-state index contributed by atoms with van der Waals surface area (Å²) in [4.78, 5) is 21.4. The van der Waals surface area contributed by atoms with Crippen molar-refractivity contribution in [2.45, 2.75) is 33.6 Å². The predicted octanol–water partition coefficient (Wildman–Crippen LogP) is 1.37. The third-order valence-corrected chi connectivity index (χ3v) is 2.44. The molecule has 0 unspecified atom stereocenters. The SMILES string of the molecule is C=C(C)C(=O)O.C=C(C)C(=O)O.CCN(CCCO)CCCO. The summed E-state index contributed by atoms with van der Waals surface area (Å²) in [5, 5.41) is 32.9. The topological polar surface area (TPSA) is 118 Å². The molecule has 0 radical (unpaired) electrons. The van der Waals surface area contributed by atoms with Gasteiger partial charge >= 0.3 is 11.9 Å². The highest BCUT2D eigenvalue weighted by Crippen LogP contribution is 1.92. The van der Waals surface area contributed by atoms with E-state index in [1.807, 2.05) is 0 Å². The zero-order chi connectivity index (χ0) is 18.8. The average molecular weight is 333 g/mol. The van der Waals surface area contributed by atoms with E-state index in [0.29, 0.717) is 0 Å². The lowest BCUT2D eigenvalue weighted by Crippen LogP contribution is -2.26. The minimum atomic E-state index is -0.935. The maximum Gasteiger partial charge on any atom is 0.330 e. The fourth-order valence-corrected chi connectivity index (χ4v) is 1.02. The van der Waals surface area contributed by atoms with Crippen LogP contribution in [0.4, 0.5) is 0 Å². The highest BCUT2D eigenvalue weighted by atomic mass is 16.4. The molecule has 136 valence electrons. The van der Waals surface area contributed by atoms with Crippen LogP contribution in [0.5, 0.6) is 0 Å². The second-order valence-corrected chi connectivity index (χ2v) is 4.76. The fraction of sp³-hybridized carbons (Fsp3) is 0.625. The molecule has 0 amide bonds. The summed E-state index contributed by atoms with van der Waals surface area (Å²) in [5.74, 6) is -1.87. The molecular formula is C16H31NO6. The average Bonchev–Trinajstić information content (AvgIpc) is 2.48. The number of aliphatic hydroxyl groups excluding tert-OH is 2. The normalized spacial score (nSPS) is 9.13. The molecule has 7 heteroatoms. The minimum absolute atomic E-state index is 0.176. The Balaban J connectivity index is -0.000000284. The van der Waals surface area contributed by atoms with Crippen LogP contribution in [0.25, 0.3) is 0 Å². The molecule has 0 bridgehead atoms. The van der Waals surface area contributed by atoms with Gasteiger partial charge < -0.3 is 25.3 Å². The van der Waals surface area contributed by atoms with E-state index in [9.17, 15) is 9.59 Å². The number of aliphatic hydroxyl groups is 2. The molecule has 0 rings (SSSR count). The Kier molecular flexibility index (Phi) is 20.9. The smallest absolute Gasteiger partial charge is 0.330 e. The van der Waals surface area contributed by atoms with Crippen LogP contribution in [-0.4, -0.2) is 70.1 Å². The van der Waals surface area contributed by atoms with Crippen molar-refractivity contribution < 1.29 is 30.0 Å². The lowest BCUT2D eigenvalue weighted by atomic mass is 10.3. The summed E-state index contributed by atoms with van der Waals surface area (Å²) in [6.07, 6.45) is 1.67. The second kappa shape index (κ2) is 18.3. The number of rotatable bonds is 9. The number of carboxylic acid groups (broad SMARTS) is 2. The van der Waals surface area contributed by atoms with Crippen molar-refractivity contribution in [2.24, 2.45) is 0 Å². The van der Waals surface area contributed by atoms with Crippen LogP contribution >= 0.6 is 0 Å². The number of hydrogen-bond donors (Lipinski definition) is 4. The number of hydrogen-bond acceptors (Lipinski definition) is 5. The number of carboxylic acids is 2. The van der Waals surface area contributed by atoms with Crippen LogP contribution in [-0.2, 0) is 9.59 Å². The molecule has 7 nitrogen and oxygen atoms in total. The van der Waals surface area contributed by atoms with Gasteiger partial charge in [0.25, 0.3) is 0 Å². The molecule has 0 atom stereocenters. The van der Waals surface area contributed by atoms with Crippen LogP contribution in [0.1, 0.15) is 33.6 Å². The second-order valence-electron chi connectivity index (χ2n) is 4.76. The van der Waals surface area contributed by atoms with Gasteiger partial charge in [0.15, 0.2) is 0 Å². The molecule has 0 heterocycles. The zero-order valence-electron chi connectivity index (χ0n) is 14.4. The van der Waals surface area contributed by atoms with Crippen molar-refractivity contribution in [3.05, 3.63) is 24.3 Å². The monoisotopic (exact) mass is 333 g/mol. The maximum absolute atomic E-state index is 9.60. The molecule has 4 N–H and O–H groups in total. The Bertz CT molecular complexity index is 298. The first-order valence-electron chi connectivity index (χ1n) is 7.35. The van der Waals surface area contributed by atoms with Crippen LogP contribution in [0.15, 0.2) is 24.3 Å². The van der Waals surface area contributed by atoms with Crippen LogP contribution < -0.4 is 0 Å². The Morgan fingerprint density at radius 3 is 1.26 bits per heavy atom. The van der Waals surface area contributed by atoms with Crippen molar-refractivity contribution in [1.82, 2.24) is 4.90 Å². The van der Waals surface area contributed by atoms with E-state index >= 15 is 0 Å². The van der Waals surface area contributed by atoms with Gasteiger partial charge in [-0.25, -0.2) is 9.59 Å². The van der Waals surface area contributed by atoms with Crippen LogP contribution in [0, 0.1) is 0 Å². The molecule has 23 heavy (non-hydrogen) atoms. The largest absolute Gasteiger partial charge is 0.478 e. The van der Waals surface area contributed by atoms with E-state index < -0.39 is 11.9 Å². The van der Waals surface area contributed by atoms with Gasteiger partial charge in [-0.15, -0.1) is 0 Å². The summed E-state index contributed by atoms with van der Waals surface area (Å²) in [5.41, 5.74) is 0.352. The van der Waals surface area contributed by atoms with E-state index in [-0.39, 0.29) is 24.4 Å². The minimum Gasteiger partial charge on any atom is -0.478 e. The van der Waals surface area contributed by atoms with Gasteiger partial charge in [0.2, 0.25) is 0 Å². The van der Waals surface area contributed by atoms with Gasteiger partial charge in [0, 0.05) is 37.4 Å². The zero-order valence-corrected chi connectivity index (χ0v) is 14.4. The highest BCUT2D eigenvalue weighted by molar-refractivity contribution is 5.85. The molecule has 0 saturated heterocycles. The first-order valence-corrected chi connectivity index (χ1v) is 7.35. The van der Waals surface area contributed by atoms with Gasteiger partial charge in [-0.3, -0.25) is 0 Å². The third kappa shape index (κ3) is 25.6. The lowest BCUT2D eigenvalue weighted by Gasteiger charge is -2.18. The van der Waals surface area contributed by atoms with E-state index in [4.69, 9.17) is 20.4 Å². The molecular weight excluding hydrogens is 302 g/mol. The van der Waals surface area contributed by atoms with Gasteiger partial charge in [-0.1, -0.05) is 20.1 Å². The molecule has 0 aromatic carbocycles. The molecule has 0 spiro atoms. The van der Waals surface area contributed by atoms with Crippen LogP contribution in [0.2, 0.25) is 0 Å². The highest BCUT2D eigenvalue weighted by Gasteiger charge is 1.99. The number of aliphatic carboxylic acids is 2. The standard InChI is InChI=1S/C8H19NO2.2C4H6O2/c1-2-9(5-3-7-10)6-4-8-11;2*1-3(2)4(5)6/h10-11H,2-8H2,1H3;2*1H2,2H3,(H,5,6). The quantitative estimate of drug-likeness (QED) is 0.471. The van der Waals surface area contributed by atoms with E-state index in [1.165, 1.54) is 13.8 Å². The summed E-state index contributed by atoms with van der Waals surface area (Å²) >= 11 is 0. The first-order chi connectivity index (χ1) is 10.6. The van der Waals surface area contributed by atoms with E-state index in [0.717, 1.165) is 32.5 Å². The predicted molar refractivity (Wildman–Crippen MR) is 90.4 cm³/mol. The Labute approximate surface area is 138 Å². The molecule has 0 aliphatic rings. The summed E-state index contributed by atoms with van der Waals surface area (Å²) in [7, 11) is 0. The number of nitrogens with zero attached hydrogens (tertiary/aromatic N) is 1. The lowest BCUT2D eigenvalue weighted by molar-refractivity contribution is -0.133. The molecule has 0 aliphatic carbocycles. The summed E-state index contributed by atoms with van der Waals surface area (Å²) in [6.45, 7) is 14.7. The molecule has 0 aromatic rings. The Hall–Kier alpha value is -1.70. The molecule has 0 saturated carbocycles. The van der Waals surface area contributed by atoms with Crippen molar-refractivity contribution >= 4 is 11.9 Å². The Morgan fingerprint density at radius 2 is 1.13 bits per heavy atom. The van der Waals surface area contributed by atoms with Crippen molar-refractivity contribution in [3.8, 4) is 0 Å².